The van der Waals surface area contributed by atoms with Gasteiger partial charge in [0.2, 0.25) is 11.8 Å². The number of benzene rings is 2. The number of ether oxygens (including phenoxy) is 1. The monoisotopic (exact) mass is 457 g/mol. The molecule has 0 bridgehead atoms. The number of alkyl carbamates (subject to hydrolysis) is 1. The zero-order chi connectivity index (χ0) is 23.1. The van der Waals surface area contributed by atoms with Gasteiger partial charge < -0.3 is 20.3 Å². The smallest absolute Gasteiger partial charge is 0.406 e. The number of anilines is 1. The van der Waals surface area contributed by atoms with Gasteiger partial charge in [-0.15, -0.1) is 0 Å². The van der Waals surface area contributed by atoms with Crippen LogP contribution in [-0.4, -0.2) is 49.0 Å². The van der Waals surface area contributed by atoms with E-state index in [0.29, 0.717) is 30.2 Å². The fourth-order valence-corrected chi connectivity index (χ4v) is 3.93. The van der Waals surface area contributed by atoms with Crippen LogP contribution in [0.2, 0.25) is 5.02 Å². The fourth-order valence-electron chi connectivity index (χ4n) is 3.80. The molecule has 0 aliphatic carbocycles. The molecule has 1 heterocycles. The predicted octanol–water partition coefficient (Wildman–Crippen LogP) is 4.32. The Hall–Kier alpha value is -3.06. The van der Waals surface area contributed by atoms with Gasteiger partial charge in [0.1, 0.15) is 6.04 Å². The van der Waals surface area contributed by atoms with Crippen molar-refractivity contribution in [3.63, 3.8) is 0 Å². The number of methoxy groups -OCH3 is 1. The number of likely N-dealkylation sites (tertiary alicyclic amines) is 1. The van der Waals surface area contributed by atoms with Gasteiger partial charge in [-0.05, 0) is 54.2 Å². The van der Waals surface area contributed by atoms with Crippen LogP contribution in [0.25, 0.3) is 11.1 Å². The SMILES string of the molecule is COC(=O)NCC(C)CC(=O)N1CCCC1C(=O)Nc1cccc(-c2ccc(Cl)cc2)c1. The summed E-state index contributed by atoms with van der Waals surface area (Å²) in [4.78, 5) is 38.6. The van der Waals surface area contributed by atoms with E-state index in [1.807, 2.05) is 55.5 Å². The van der Waals surface area contributed by atoms with Gasteiger partial charge in [-0.1, -0.05) is 42.8 Å². The molecule has 2 aromatic rings. The fraction of sp³-hybridized carbons (Fsp3) is 0.375. The number of halogens is 1. The number of hydrogen-bond acceptors (Lipinski definition) is 4. The first-order chi connectivity index (χ1) is 15.4. The zero-order valence-corrected chi connectivity index (χ0v) is 19.0. The first-order valence-electron chi connectivity index (χ1n) is 10.7. The van der Waals surface area contributed by atoms with Crippen LogP contribution >= 0.6 is 11.6 Å². The van der Waals surface area contributed by atoms with Crippen molar-refractivity contribution < 1.29 is 19.1 Å². The third-order valence-corrected chi connectivity index (χ3v) is 5.74. The third kappa shape index (κ3) is 6.23. The van der Waals surface area contributed by atoms with Gasteiger partial charge in [-0.2, -0.15) is 0 Å². The van der Waals surface area contributed by atoms with Crippen LogP contribution in [0.15, 0.2) is 48.5 Å². The number of rotatable bonds is 7. The molecule has 3 rings (SSSR count). The van der Waals surface area contributed by atoms with Crippen LogP contribution in [0.1, 0.15) is 26.2 Å². The zero-order valence-electron chi connectivity index (χ0n) is 18.3. The highest BCUT2D eigenvalue weighted by atomic mass is 35.5. The van der Waals surface area contributed by atoms with Gasteiger partial charge in [0.05, 0.1) is 7.11 Å². The van der Waals surface area contributed by atoms with E-state index in [1.54, 1.807) is 4.90 Å². The van der Waals surface area contributed by atoms with E-state index in [-0.39, 0.29) is 24.2 Å². The highest BCUT2D eigenvalue weighted by Gasteiger charge is 2.34. The first kappa shape index (κ1) is 23.6. The van der Waals surface area contributed by atoms with Crippen LogP contribution in [0.5, 0.6) is 0 Å². The standard InChI is InChI=1S/C24H28ClN3O4/c1-16(15-26-24(31)32-2)13-22(29)28-12-4-7-21(28)23(30)27-20-6-3-5-18(14-20)17-8-10-19(25)11-9-17/h3,5-6,8-11,14,16,21H,4,7,12-13,15H2,1-2H3,(H,26,31)(H,27,30). The van der Waals surface area contributed by atoms with E-state index in [4.69, 9.17) is 11.6 Å². The molecule has 2 N–H and O–H groups in total. The minimum atomic E-state index is -0.524. The Bertz CT molecular complexity index is 964. The molecule has 0 saturated carbocycles. The molecule has 2 atom stereocenters. The van der Waals surface area contributed by atoms with Crippen molar-refractivity contribution in [2.45, 2.75) is 32.2 Å². The van der Waals surface area contributed by atoms with Gasteiger partial charge in [0.15, 0.2) is 0 Å². The predicted molar refractivity (Wildman–Crippen MR) is 124 cm³/mol. The Labute approximate surface area is 193 Å². The van der Waals surface area contributed by atoms with Crippen molar-refractivity contribution >= 4 is 35.2 Å². The molecule has 7 nitrogen and oxygen atoms in total. The Morgan fingerprint density at radius 2 is 1.91 bits per heavy atom. The van der Waals surface area contributed by atoms with Gasteiger partial charge >= 0.3 is 6.09 Å². The van der Waals surface area contributed by atoms with Crippen LogP contribution < -0.4 is 10.6 Å². The first-order valence-corrected chi connectivity index (χ1v) is 11.0. The van der Waals surface area contributed by atoms with Crippen LogP contribution in [0, 0.1) is 5.92 Å². The molecule has 3 amide bonds. The second-order valence-electron chi connectivity index (χ2n) is 8.00. The molecule has 170 valence electrons. The third-order valence-electron chi connectivity index (χ3n) is 5.49. The van der Waals surface area contributed by atoms with E-state index < -0.39 is 12.1 Å². The maximum atomic E-state index is 13.0. The minimum Gasteiger partial charge on any atom is -0.453 e. The molecule has 0 aromatic heterocycles. The summed E-state index contributed by atoms with van der Waals surface area (Å²) in [6.45, 7) is 2.76. The molecule has 1 saturated heterocycles. The average molecular weight is 458 g/mol. The largest absolute Gasteiger partial charge is 0.453 e. The summed E-state index contributed by atoms with van der Waals surface area (Å²) in [5.41, 5.74) is 2.64. The van der Waals surface area contributed by atoms with Gasteiger partial charge in [0.25, 0.3) is 0 Å². The molecular formula is C24H28ClN3O4. The summed E-state index contributed by atoms with van der Waals surface area (Å²) in [5.74, 6) is -0.344. The molecule has 1 aliphatic rings. The number of carbonyl (C=O) groups is 3. The molecule has 32 heavy (non-hydrogen) atoms. The van der Waals surface area contributed by atoms with Crippen molar-refractivity contribution in [2.75, 3.05) is 25.5 Å². The number of amides is 3. The molecule has 0 spiro atoms. The molecular weight excluding hydrogens is 430 g/mol. The summed E-state index contributed by atoms with van der Waals surface area (Å²) in [6, 6.07) is 14.6. The lowest BCUT2D eigenvalue weighted by Gasteiger charge is -2.25. The lowest BCUT2D eigenvalue weighted by atomic mass is 10.0. The van der Waals surface area contributed by atoms with Crippen LogP contribution in [0.3, 0.4) is 0 Å². The van der Waals surface area contributed by atoms with Gasteiger partial charge in [0, 0.05) is 30.2 Å². The van der Waals surface area contributed by atoms with E-state index in [0.717, 1.165) is 17.5 Å². The number of hydrogen-bond donors (Lipinski definition) is 2. The number of carbonyl (C=O) groups excluding carboxylic acids is 3. The molecule has 8 heteroatoms. The number of nitrogens with one attached hydrogen (secondary N) is 2. The maximum Gasteiger partial charge on any atom is 0.406 e. The summed E-state index contributed by atoms with van der Waals surface area (Å²) in [7, 11) is 1.30. The van der Waals surface area contributed by atoms with Crippen molar-refractivity contribution in [1.29, 1.82) is 0 Å². The highest BCUT2D eigenvalue weighted by Crippen LogP contribution is 2.26. The van der Waals surface area contributed by atoms with E-state index >= 15 is 0 Å². The Morgan fingerprint density at radius 3 is 2.62 bits per heavy atom. The Kier molecular flexibility index (Phi) is 8.11. The van der Waals surface area contributed by atoms with Crippen molar-refractivity contribution in [2.24, 2.45) is 5.92 Å². The van der Waals surface area contributed by atoms with Crippen molar-refractivity contribution in [1.82, 2.24) is 10.2 Å². The van der Waals surface area contributed by atoms with Crippen LogP contribution in [-0.2, 0) is 14.3 Å². The van der Waals surface area contributed by atoms with Crippen LogP contribution in [0.4, 0.5) is 10.5 Å². The van der Waals surface area contributed by atoms with E-state index in [9.17, 15) is 14.4 Å². The summed E-state index contributed by atoms with van der Waals surface area (Å²) in [5, 5.41) is 6.22. The van der Waals surface area contributed by atoms with Gasteiger partial charge in [-0.3, -0.25) is 9.59 Å². The lowest BCUT2D eigenvalue weighted by molar-refractivity contribution is -0.137. The Balaban J connectivity index is 1.60. The second-order valence-corrected chi connectivity index (χ2v) is 8.44. The summed E-state index contributed by atoms with van der Waals surface area (Å²) in [6.07, 6.45) is 1.13. The average Bonchev–Trinajstić information content (AvgIpc) is 3.28. The van der Waals surface area contributed by atoms with Crippen molar-refractivity contribution in [3.8, 4) is 11.1 Å². The molecule has 1 aliphatic heterocycles. The molecule has 2 aromatic carbocycles. The normalized spacial score (nSPS) is 16.3. The second kappa shape index (κ2) is 11.0. The van der Waals surface area contributed by atoms with Gasteiger partial charge in [-0.25, -0.2) is 4.79 Å². The summed E-state index contributed by atoms with van der Waals surface area (Å²) >= 11 is 5.97. The molecule has 2 unspecified atom stereocenters. The van der Waals surface area contributed by atoms with E-state index in [2.05, 4.69) is 15.4 Å². The maximum absolute atomic E-state index is 13.0. The number of nitrogens with zero attached hydrogens (tertiary/aromatic N) is 1. The molecule has 0 radical (unpaired) electrons. The lowest BCUT2D eigenvalue weighted by Crippen LogP contribution is -2.44. The van der Waals surface area contributed by atoms with E-state index in [1.165, 1.54) is 7.11 Å². The summed E-state index contributed by atoms with van der Waals surface area (Å²) < 4.78 is 4.55. The topological polar surface area (TPSA) is 87.7 Å². The quantitative estimate of drug-likeness (QED) is 0.648. The minimum absolute atomic E-state index is 0.0676. The van der Waals surface area contributed by atoms with Crippen molar-refractivity contribution in [3.05, 3.63) is 53.6 Å². The Morgan fingerprint density at radius 1 is 1.16 bits per heavy atom. The molecule has 1 fully saturated rings. The highest BCUT2D eigenvalue weighted by molar-refractivity contribution is 6.30.